The standard InChI is InChI=1S/C28H34BrClN2O5S/c1-3-5-16-37-27(36)21-22-25(34)32(14-7-6-8-15-33)24(28(22)17-20(29)23(21)38-28)26(35)31(13-4-2)19-11-9-18(30)10-12-19/h3-4,9-12,20-24,33H,1-2,5-8,13-17H2/t20?,21-,22-,23-,24?,28?/m0/s1. The van der Waals surface area contributed by atoms with Gasteiger partial charge in [-0.25, -0.2) is 0 Å². The number of hydrogen-bond donors (Lipinski definition) is 1. The molecule has 2 bridgehead atoms. The van der Waals surface area contributed by atoms with E-state index in [4.69, 9.17) is 16.3 Å². The van der Waals surface area contributed by atoms with E-state index in [2.05, 4.69) is 29.1 Å². The van der Waals surface area contributed by atoms with Crippen LogP contribution in [0.3, 0.4) is 0 Å². The molecule has 3 aliphatic heterocycles. The summed E-state index contributed by atoms with van der Waals surface area (Å²) in [5, 5.41) is 9.63. The molecular weight excluding hydrogens is 592 g/mol. The average molecular weight is 626 g/mol. The largest absolute Gasteiger partial charge is 0.465 e. The van der Waals surface area contributed by atoms with Crippen LogP contribution in [0, 0.1) is 11.8 Å². The summed E-state index contributed by atoms with van der Waals surface area (Å²) >= 11 is 11.5. The number of halogens is 2. The van der Waals surface area contributed by atoms with E-state index < -0.39 is 22.6 Å². The average Bonchev–Trinajstić information content (AvgIpc) is 3.49. The van der Waals surface area contributed by atoms with Crippen molar-refractivity contribution in [2.45, 2.75) is 53.0 Å². The van der Waals surface area contributed by atoms with Gasteiger partial charge in [-0.15, -0.1) is 24.9 Å². The van der Waals surface area contributed by atoms with Crippen LogP contribution in [0.4, 0.5) is 5.69 Å². The summed E-state index contributed by atoms with van der Waals surface area (Å²) in [6.45, 7) is 8.46. The lowest BCUT2D eigenvalue weighted by Crippen LogP contribution is -2.55. The van der Waals surface area contributed by atoms with Gasteiger partial charge in [-0.05, 0) is 56.4 Å². The van der Waals surface area contributed by atoms with Gasteiger partial charge in [-0.2, -0.15) is 0 Å². The van der Waals surface area contributed by atoms with Gasteiger partial charge in [0, 0.05) is 40.5 Å². The maximum atomic E-state index is 14.4. The summed E-state index contributed by atoms with van der Waals surface area (Å²) in [5.74, 6) is -2.01. The van der Waals surface area contributed by atoms with E-state index in [9.17, 15) is 19.5 Å². The number of aliphatic hydroxyl groups is 1. The van der Waals surface area contributed by atoms with Gasteiger partial charge < -0.3 is 19.6 Å². The van der Waals surface area contributed by atoms with Crippen LogP contribution in [-0.4, -0.2) is 75.0 Å². The quantitative estimate of drug-likeness (QED) is 0.149. The van der Waals surface area contributed by atoms with Crippen LogP contribution in [0.1, 0.15) is 32.1 Å². The molecule has 38 heavy (non-hydrogen) atoms. The minimum Gasteiger partial charge on any atom is -0.465 e. The Morgan fingerprint density at radius 1 is 1.24 bits per heavy atom. The number of ether oxygens (including phenoxy) is 1. The van der Waals surface area contributed by atoms with Gasteiger partial charge in [0.05, 0.1) is 23.2 Å². The Balaban J connectivity index is 1.72. The number of carbonyl (C=O) groups is 3. The van der Waals surface area contributed by atoms with Gasteiger partial charge in [-0.3, -0.25) is 14.4 Å². The smallest absolute Gasteiger partial charge is 0.310 e. The summed E-state index contributed by atoms with van der Waals surface area (Å²) in [6, 6.07) is 6.29. The third-order valence-electron chi connectivity index (χ3n) is 7.63. The Kier molecular flexibility index (Phi) is 9.66. The molecular formula is C28H34BrClN2O5S. The lowest BCUT2D eigenvalue weighted by molar-refractivity contribution is -0.154. The number of aliphatic hydroxyl groups excluding tert-OH is 1. The fourth-order valence-electron chi connectivity index (χ4n) is 6.05. The van der Waals surface area contributed by atoms with Crippen LogP contribution >= 0.6 is 39.3 Å². The van der Waals surface area contributed by atoms with E-state index in [1.165, 1.54) is 0 Å². The molecule has 3 fully saturated rings. The van der Waals surface area contributed by atoms with Crippen molar-refractivity contribution in [1.82, 2.24) is 4.90 Å². The van der Waals surface area contributed by atoms with E-state index in [-0.39, 0.29) is 47.6 Å². The molecule has 3 aliphatic rings. The number of rotatable bonds is 13. The highest BCUT2D eigenvalue weighted by Crippen LogP contribution is 2.68. The highest BCUT2D eigenvalue weighted by molar-refractivity contribution is 9.09. The predicted octanol–water partition coefficient (Wildman–Crippen LogP) is 4.61. The van der Waals surface area contributed by atoms with Crippen molar-refractivity contribution in [2.24, 2.45) is 11.8 Å². The van der Waals surface area contributed by atoms with Crippen molar-refractivity contribution < 1.29 is 24.2 Å². The van der Waals surface area contributed by atoms with Gasteiger partial charge in [0.15, 0.2) is 0 Å². The zero-order valence-electron chi connectivity index (χ0n) is 21.3. The first-order chi connectivity index (χ1) is 18.3. The molecule has 7 nitrogen and oxygen atoms in total. The van der Waals surface area contributed by atoms with Crippen molar-refractivity contribution in [3.05, 3.63) is 54.6 Å². The number of likely N-dealkylation sites (tertiary alicyclic amines) is 1. The number of nitrogens with zero attached hydrogens (tertiary/aromatic N) is 2. The Hall–Kier alpha value is -1.81. The zero-order valence-corrected chi connectivity index (χ0v) is 24.4. The normalized spacial score (nSPS) is 29.3. The van der Waals surface area contributed by atoms with Crippen LogP contribution in [0.5, 0.6) is 0 Å². The Labute approximate surface area is 241 Å². The molecule has 3 heterocycles. The Morgan fingerprint density at radius 2 is 1.97 bits per heavy atom. The summed E-state index contributed by atoms with van der Waals surface area (Å²) in [4.78, 5) is 45.1. The van der Waals surface area contributed by atoms with Gasteiger partial charge >= 0.3 is 5.97 Å². The summed E-state index contributed by atoms with van der Waals surface area (Å²) in [7, 11) is 0. The molecule has 1 aromatic rings. The first-order valence-electron chi connectivity index (χ1n) is 13.0. The maximum Gasteiger partial charge on any atom is 0.310 e. The van der Waals surface area contributed by atoms with E-state index in [1.54, 1.807) is 58.0 Å². The lowest BCUT2D eigenvalue weighted by Gasteiger charge is -2.37. The number of esters is 1. The molecule has 1 N–H and O–H groups in total. The molecule has 3 unspecified atom stereocenters. The fraction of sp³-hybridized carbons (Fsp3) is 0.536. The molecule has 206 valence electrons. The van der Waals surface area contributed by atoms with E-state index in [1.807, 2.05) is 0 Å². The molecule has 1 spiro atoms. The number of benzene rings is 1. The SMILES string of the molecule is C=CCCOC(=O)[C@H]1[C@H]2C(=O)N(CCCCCO)C(C(=O)N(CC=C)c3ccc(Cl)cc3)C23CC(Br)[C@@H]1S3. The van der Waals surface area contributed by atoms with Crippen molar-refractivity contribution in [3.8, 4) is 0 Å². The van der Waals surface area contributed by atoms with Crippen LogP contribution in [-0.2, 0) is 19.1 Å². The number of hydrogen-bond acceptors (Lipinski definition) is 6. The van der Waals surface area contributed by atoms with Gasteiger partial charge in [-0.1, -0.05) is 39.7 Å². The molecule has 0 aliphatic carbocycles. The van der Waals surface area contributed by atoms with Gasteiger partial charge in [0.2, 0.25) is 5.91 Å². The minimum atomic E-state index is -0.752. The molecule has 2 amide bonds. The third kappa shape index (κ3) is 5.31. The van der Waals surface area contributed by atoms with Crippen molar-refractivity contribution in [3.63, 3.8) is 0 Å². The van der Waals surface area contributed by atoms with E-state index in [0.717, 1.165) is 6.42 Å². The second kappa shape index (κ2) is 12.6. The van der Waals surface area contributed by atoms with E-state index in [0.29, 0.717) is 42.9 Å². The molecule has 0 aromatic heterocycles. The third-order valence-corrected chi connectivity index (χ3v) is 11.1. The molecule has 6 atom stereocenters. The van der Waals surface area contributed by atoms with Crippen molar-refractivity contribution in [1.29, 1.82) is 0 Å². The molecule has 10 heteroatoms. The summed E-state index contributed by atoms with van der Waals surface area (Å²) in [6.07, 6.45) is 6.50. The summed E-state index contributed by atoms with van der Waals surface area (Å²) < 4.78 is 4.82. The van der Waals surface area contributed by atoms with E-state index >= 15 is 0 Å². The number of fused-ring (bicyclic) bond motifs is 1. The maximum absolute atomic E-state index is 14.4. The lowest BCUT2D eigenvalue weighted by atomic mass is 9.71. The number of unbranched alkanes of at least 4 members (excludes halogenated alkanes) is 2. The monoisotopic (exact) mass is 624 g/mol. The van der Waals surface area contributed by atoms with Crippen LogP contribution in [0.25, 0.3) is 0 Å². The Morgan fingerprint density at radius 3 is 2.63 bits per heavy atom. The molecule has 0 saturated carbocycles. The topological polar surface area (TPSA) is 87.1 Å². The number of amides is 2. The molecule has 0 radical (unpaired) electrons. The first-order valence-corrected chi connectivity index (χ1v) is 15.2. The van der Waals surface area contributed by atoms with Gasteiger partial charge in [0.25, 0.3) is 5.91 Å². The first kappa shape index (κ1) is 29.2. The minimum absolute atomic E-state index is 0.0264. The zero-order chi connectivity index (χ0) is 27.4. The number of alkyl halides is 1. The fourth-order valence-corrected chi connectivity index (χ4v) is 9.77. The summed E-state index contributed by atoms with van der Waals surface area (Å²) in [5.41, 5.74) is 0.667. The van der Waals surface area contributed by atoms with Crippen molar-refractivity contribution in [2.75, 3.05) is 31.2 Å². The predicted molar refractivity (Wildman–Crippen MR) is 155 cm³/mol. The van der Waals surface area contributed by atoms with Crippen LogP contribution in [0.2, 0.25) is 5.02 Å². The number of anilines is 1. The van der Waals surface area contributed by atoms with Crippen LogP contribution < -0.4 is 4.90 Å². The number of thioether (sulfide) groups is 1. The van der Waals surface area contributed by atoms with Crippen LogP contribution in [0.15, 0.2) is 49.6 Å². The highest BCUT2D eigenvalue weighted by atomic mass is 79.9. The highest BCUT2D eigenvalue weighted by Gasteiger charge is 2.76. The van der Waals surface area contributed by atoms with Crippen molar-refractivity contribution >= 4 is 62.8 Å². The van der Waals surface area contributed by atoms with Gasteiger partial charge in [0.1, 0.15) is 6.04 Å². The molecule has 3 saturated heterocycles. The molecule has 4 rings (SSSR count). The molecule has 1 aromatic carbocycles. The number of carbonyl (C=O) groups excluding carboxylic acids is 3. The second-order valence-electron chi connectivity index (χ2n) is 9.94. The second-order valence-corrected chi connectivity index (χ2v) is 13.1. The Bertz CT molecular complexity index is 1070.